The van der Waals surface area contributed by atoms with Crippen LogP contribution in [0.5, 0.6) is 0 Å². The van der Waals surface area contributed by atoms with E-state index in [1.54, 1.807) is 0 Å². The number of unbranched alkanes of at least 4 members (excludes halogenated alkanes) is 8. The van der Waals surface area contributed by atoms with E-state index in [2.05, 4.69) is 6.92 Å². The number of nitrogens with one attached hydrogen (secondary N) is 1. The van der Waals surface area contributed by atoms with Crippen LogP contribution in [-0.4, -0.2) is 46.6 Å². The molecule has 23 heavy (non-hydrogen) atoms. The summed E-state index contributed by atoms with van der Waals surface area (Å²) in [5, 5.41) is 23.3. The third-order valence-electron chi connectivity index (χ3n) is 3.28. The van der Waals surface area contributed by atoms with Crippen molar-refractivity contribution in [2.24, 2.45) is 5.73 Å². The van der Waals surface area contributed by atoms with Gasteiger partial charge in [0, 0.05) is 13.5 Å². The van der Waals surface area contributed by atoms with E-state index < -0.39 is 11.9 Å². The normalized spacial score (nSPS) is 9.65. The second kappa shape index (κ2) is 16.6. The van der Waals surface area contributed by atoms with Gasteiger partial charge in [0.05, 0.1) is 0 Å². The first kappa shape index (κ1) is 23.5. The number of likely N-dealkylation sites (N-methyl/N-ethyl adjacent to an activating group) is 1. The molecule has 0 spiro atoms. The Morgan fingerprint density at radius 2 is 1.35 bits per heavy atom. The number of carboxylic acid groups (broad SMARTS) is 2. The summed E-state index contributed by atoms with van der Waals surface area (Å²) in [6.45, 7) is 2.00. The highest BCUT2D eigenvalue weighted by Crippen LogP contribution is 2.10. The summed E-state index contributed by atoms with van der Waals surface area (Å²) in [7, 11) is 1.44. The van der Waals surface area contributed by atoms with Crippen molar-refractivity contribution in [3.05, 3.63) is 0 Å². The van der Waals surface area contributed by atoms with Crippen LogP contribution in [0.25, 0.3) is 0 Å². The molecule has 0 fully saturated rings. The predicted octanol–water partition coefficient (Wildman–Crippen LogP) is 2.89. The van der Waals surface area contributed by atoms with Crippen LogP contribution in [0.2, 0.25) is 0 Å². The Morgan fingerprint density at radius 3 is 1.65 bits per heavy atom. The molecule has 0 saturated carbocycles. The zero-order chi connectivity index (χ0) is 18.1. The third-order valence-corrected chi connectivity index (χ3v) is 3.28. The van der Waals surface area contributed by atoms with Crippen molar-refractivity contribution >= 4 is 17.9 Å². The number of carbonyl (C=O) groups is 2. The first-order chi connectivity index (χ1) is 10.8. The summed E-state index contributed by atoms with van der Waals surface area (Å²) in [6.07, 6.45) is 11.5. The molecule has 136 valence electrons. The largest absolute Gasteiger partial charge is 0.481 e. The number of aliphatic carboxylic acids is 2. The molecule has 7 nitrogen and oxygen atoms in total. The number of guanidine groups is 1. The van der Waals surface area contributed by atoms with E-state index in [-0.39, 0.29) is 12.5 Å². The Labute approximate surface area is 139 Å². The Balaban J connectivity index is 0. The van der Waals surface area contributed by atoms with Crippen LogP contribution in [0, 0.1) is 5.41 Å². The van der Waals surface area contributed by atoms with Gasteiger partial charge in [0.1, 0.15) is 6.54 Å². The number of rotatable bonds is 12. The smallest absolute Gasteiger partial charge is 0.323 e. The number of hydrogen-bond donors (Lipinski definition) is 4. The number of nitrogens with two attached hydrogens (primary N) is 1. The molecule has 5 N–H and O–H groups in total. The fourth-order valence-corrected chi connectivity index (χ4v) is 1.87. The summed E-state index contributed by atoms with van der Waals surface area (Å²) in [6, 6.07) is 0. The molecule has 0 heterocycles. The minimum absolute atomic E-state index is 0.227. The van der Waals surface area contributed by atoms with Gasteiger partial charge in [-0.3, -0.25) is 15.0 Å². The second-order valence-electron chi connectivity index (χ2n) is 5.61. The van der Waals surface area contributed by atoms with Crippen LogP contribution in [0.1, 0.15) is 71.1 Å². The molecule has 0 amide bonds. The molecular formula is C16H33N3O4. The fourth-order valence-electron chi connectivity index (χ4n) is 1.87. The lowest BCUT2D eigenvalue weighted by molar-refractivity contribution is -0.138. The zero-order valence-corrected chi connectivity index (χ0v) is 14.5. The van der Waals surface area contributed by atoms with Gasteiger partial charge in [-0.25, -0.2) is 0 Å². The standard InChI is InChI=1S/C12H24O2.C4H9N3O2/c1-2-3-4-5-6-7-8-9-10-11-12(13)14;1-7(4(5)6)2-3(8)9/h2-11H2,1H3,(H,13,14);2H2,1H3,(H3,5,6)(H,8,9). The molecule has 0 aliphatic rings. The van der Waals surface area contributed by atoms with Crippen molar-refractivity contribution in [3.63, 3.8) is 0 Å². The van der Waals surface area contributed by atoms with Crippen LogP contribution in [0.3, 0.4) is 0 Å². The summed E-state index contributed by atoms with van der Waals surface area (Å²) in [4.78, 5) is 21.3. The summed E-state index contributed by atoms with van der Waals surface area (Å²) >= 11 is 0. The van der Waals surface area contributed by atoms with Crippen molar-refractivity contribution in [2.45, 2.75) is 71.1 Å². The quantitative estimate of drug-likeness (QED) is 0.247. The number of nitrogens with zero attached hydrogens (tertiary/aromatic N) is 1. The monoisotopic (exact) mass is 331 g/mol. The lowest BCUT2D eigenvalue weighted by atomic mass is 10.1. The topological polar surface area (TPSA) is 128 Å². The molecular weight excluding hydrogens is 298 g/mol. The molecule has 0 aromatic heterocycles. The van der Waals surface area contributed by atoms with Gasteiger partial charge in [0.15, 0.2) is 5.96 Å². The van der Waals surface area contributed by atoms with E-state index >= 15 is 0 Å². The third kappa shape index (κ3) is 22.6. The molecule has 0 aliphatic heterocycles. The molecule has 0 rings (SSSR count). The van der Waals surface area contributed by atoms with Gasteiger partial charge in [-0.05, 0) is 6.42 Å². The summed E-state index contributed by atoms with van der Waals surface area (Å²) in [5.74, 6) is -1.89. The van der Waals surface area contributed by atoms with Crippen LogP contribution in [0.4, 0.5) is 0 Å². The van der Waals surface area contributed by atoms with Crippen LogP contribution in [-0.2, 0) is 9.59 Å². The second-order valence-corrected chi connectivity index (χ2v) is 5.61. The molecule has 0 radical (unpaired) electrons. The average molecular weight is 331 g/mol. The molecule has 0 unspecified atom stereocenters. The van der Waals surface area contributed by atoms with Crippen molar-refractivity contribution in [3.8, 4) is 0 Å². The van der Waals surface area contributed by atoms with Crippen molar-refractivity contribution in [2.75, 3.05) is 13.6 Å². The Morgan fingerprint density at radius 1 is 0.913 bits per heavy atom. The Kier molecular flexibility index (Phi) is 16.9. The van der Waals surface area contributed by atoms with Gasteiger partial charge in [-0.2, -0.15) is 0 Å². The lowest BCUT2D eigenvalue weighted by Crippen LogP contribution is -2.36. The molecule has 0 bridgehead atoms. The van der Waals surface area contributed by atoms with E-state index in [0.717, 1.165) is 17.7 Å². The average Bonchev–Trinajstić information content (AvgIpc) is 2.45. The maximum absolute atomic E-state index is 10.2. The SMILES string of the molecule is CCCCCCCCCCCC(=O)O.CN(CC(=O)O)C(=N)N. The van der Waals surface area contributed by atoms with E-state index in [0.29, 0.717) is 6.42 Å². The highest BCUT2D eigenvalue weighted by molar-refractivity contribution is 5.79. The molecule has 0 aromatic rings. The lowest BCUT2D eigenvalue weighted by Gasteiger charge is -2.12. The van der Waals surface area contributed by atoms with Gasteiger partial charge in [0.2, 0.25) is 0 Å². The highest BCUT2D eigenvalue weighted by atomic mass is 16.4. The first-order valence-electron chi connectivity index (χ1n) is 8.30. The Hall–Kier alpha value is -1.79. The Bertz CT molecular complexity index is 335. The zero-order valence-electron chi connectivity index (χ0n) is 14.5. The van der Waals surface area contributed by atoms with Crippen molar-refractivity contribution < 1.29 is 19.8 Å². The van der Waals surface area contributed by atoms with Gasteiger partial charge in [-0.1, -0.05) is 58.3 Å². The van der Waals surface area contributed by atoms with Crippen LogP contribution >= 0.6 is 0 Å². The van der Waals surface area contributed by atoms with E-state index in [4.69, 9.17) is 21.4 Å². The summed E-state index contributed by atoms with van der Waals surface area (Å²) in [5.41, 5.74) is 4.93. The van der Waals surface area contributed by atoms with E-state index in [9.17, 15) is 9.59 Å². The first-order valence-corrected chi connectivity index (χ1v) is 8.30. The van der Waals surface area contributed by atoms with Crippen molar-refractivity contribution in [1.82, 2.24) is 4.90 Å². The fraction of sp³-hybridized carbons (Fsp3) is 0.812. The van der Waals surface area contributed by atoms with Crippen molar-refractivity contribution in [1.29, 1.82) is 5.41 Å². The van der Waals surface area contributed by atoms with E-state index in [1.165, 1.54) is 52.0 Å². The van der Waals surface area contributed by atoms with Gasteiger partial charge in [0.25, 0.3) is 0 Å². The minimum Gasteiger partial charge on any atom is -0.481 e. The summed E-state index contributed by atoms with van der Waals surface area (Å²) < 4.78 is 0. The maximum atomic E-state index is 10.2. The molecule has 0 aliphatic carbocycles. The highest BCUT2D eigenvalue weighted by Gasteiger charge is 2.03. The molecule has 0 atom stereocenters. The van der Waals surface area contributed by atoms with Crippen LogP contribution < -0.4 is 5.73 Å². The molecule has 0 saturated heterocycles. The number of hydrogen-bond acceptors (Lipinski definition) is 3. The van der Waals surface area contributed by atoms with Gasteiger partial charge >= 0.3 is 11.9 Å². The molecule has 7 heteroatoms. The van der Waals surface area contributed by atoms with Gasteiger partial charge in [-0.15, -0.1) is 0 Å². The maximum Gasteiger partial charge on any atom is 0.323 e. The predicted molar refractivity (Wildman–Crippen MR) is 91.7 cm³/mol. The molecule has 0 aromatic carbocycles. The van der Waals surface area contributed by atoms with E-state index in [1.807, 2.05) is 0 Å². The minimum atomic E-state index is -0.993. The van der Waals surface area contributed by atoms with Gasteiger partial charge < -0.3 is 20.8 Å². The van der Waals surface area contributed by atoms with Crippen LogP contribution in [0.15, 0.2) is 0 Å². The number of carboxylic acids is 2.